The van der Waals surface area contributed by atoms with Gasteiger partial charge in [0.25, 0.3) is 5.91 Å². The molecule has 1 fully saturated rings. The molecule has 0 atom stereocenters. The van der Waals surface area contributed by atoms with Crippen molar-refractivity contribution in [3.8, 4) is 11.5 Å². The molecule has 2 aromatic carbocycles. The maximum absolute atomic E-state index is 12.8. The maximum Gasteiger partial charge on any atom is 0.255 e. The van der Waals surface area contributed by atoms with Crippen molar-refractivity contribution in [2.24, 2.45) is 0 Å². The van der Waals surface area contributed by atoms with Gasteiger partial charge in [0, 0.05) is 18.7 Å². The number of hydrogen-bond acceptors (Lipinski definition) is 4. The Labute approximate surface area is 154 Å². The summed E-state index contributed by atoms with van der Waals surface area (Å²) in [5, 5.41) is 3.05. The average Bonchev–Trinajstić information content (AvgIpc) is 2.69. The van der Waals surface area contributed by atoms with Crippen molar-refractivity contribution in [2.45, 2.75) is 26.2 Å². The highest BCUT2D eigenvalue weighted by atomic mass is 16.5. The van der Waals surface area contributed by atoms with Gasteiger partial charge in [0.15, 0.2) is 11.5 Å². The largest absolute Gasteiger partial charge is 0.493 e. The van der Waals surface area contributed by atoms with Crippen LogP contribution in [-0.4, -0.2) is 32.7 Å². The number of nitrogens with zero attached hydrogens (tertiary/aromatic N) is 1. The highest BCUT2D eigenvalue weighted by Crippen LogP contribution is 2.31. The van der Waals surface area contributed by atoms with Gasteiger partial charge in [-0.05, 0) is 56.5 Å². The van der Waals surface area contributed by atoms with Crippen LogP contribution in [0.3, 0.4) is 0 Å². The van der Waals surface area contributed by atoms with E-state index in [9.17, 15) is 4.79 Å². The molecular formula is C21H26N2O3. The average molecular weight is 354 g/mol. The first-order chi connectivity index (χ1) is 12.7. The zero-order valence-electron chi connectivity index (χ0n) is 15.5. The number of anilines is 2. The van der Waals surface area contributed by atoms with Gasteiger partial charge in [0.2, 0.25) is 0 Å². The third kappa shape index (κ3) is 4.10. The molecule has 0 aromatic heterocycles. The van der Waals surface area contributed by atoms with Crippen LogP contribution in [0.4, 0.5) is 11.4 Å². The van der Waals surface area contributed by atoms with E-state index in [4.69, 9.17) is 9.47 Å². The summed E-state index contributed by atoms with van der Waals surface area (Å²) in [5.74, 6) is 1.04. The molecule has 1 N–H and O–H groups in total. The lowest BCUT2D eigenvalue weighted by Crippen LogP contribution is -2.30. The summed E-state index contributed by atoms with van der Waals surface area (Å²) in [6.45, 7) is 4.52. The molecule has 1 amide bonds. The van der Waals surface area contributed by atoms with E-state index in [1.165, 1.54) is 19.3 Å². The molecule has 5 heteroatoms. The van der Waals surface area contributed by atoms with E-state index in [-0.39, 0.29) is 5.91 Å². The lowest BCUT2D eigenvalue weighted by atomic mass is 10.1. The van der Waals surface area contributed by atoms with Crippen LogP contribution in [0.25, 0.3) is 0 Å². The molecule has 0 radical (unpaired) electrons. The van der Waals surface area contributed by atoms with Crippen molar-refractivity contribution in [2.75, 3.05) is 37.0 Å². The number of benzene rings is 2. The Kier molecular flexibility index (Phi) is 6.00. The first-order valence-corrected chi connectivity index (χ1v) is 9.19. The van der Waals surface area contributed by atoms with Gasteiger partial charge in [0.1, 0.15) is 0 Å². The van der Waals surface area contributed by atoms with E-state index in [2.05, 4.69) is 16.3 Å². The molecule has 0 bridgehead atoms. The predicted octanol–water partition coefficient (Wildman–Crippen LogP) is 4.34. The van der Waals surface area contributed by atoms with Gasteiger partial charge in [-0.2, -0.15) is 0 Å². The highest BCUT2D eigenvalue weighted by molar-refractivity contribution is 6.06. The first kappa shape index (κ1) is 18.1. The minimum Gasteiger partial charge on any atom is -0.493 e. The third-order valence-corrected chi connectivity index (χ3v) is 4.57. The fraction of sp³-hybridized carbons (Fsp3) is 0.381. The molecule has 1 saturated heterocycles. The van der Waals surface area contributed by atoms with Crippen molar-refractivity contribution < 1.29 is 14.3 Å². The molecule has 5 nitrogen and oxygen atoms in total. The molecular weight excluding hydrogens is 328 g/mol. The SMILES string of the molecule is CCOc1ccc(C(=O)Nc2ccccc2N2CCCCC2)cc1OC. The van der Waals surface area contributed by atoms with E-state index < -0.39 is 0 Å². The van der Waals surface area contributed by atoms with E-state index in [0.717, 1.165) is 24.5 Å². The number of ether oxygens (including phenoxy) is 2. The van der Waals surface area contributed by atoms with Crippen molar-refractivity contribution >= 4 is 17.3 Å². The quantitative estimate of drug-likeness (QED) is 0.838. The Morgan fingerprint density at radius 2 is 1.85 bits per heavy atom. The number of piperidine rings is 1. The summed E-state index contributed by atoms with van der Waals surface area (Å²) in [4.78, 5) is 15.1. The van der Waals surface area contributed by atoms with Crippen LogP contribution in [0.15, 0.2) is 42.5 Å². The van der Waals surface area contributed by atoms with Crippen LogP contribution >= 0.6 is 0 Å². The summed E-state index contributed by atoms with van der Waals surface area (Å²) in [6.07, 6.45) is 3.66. The van der Waals surface area contributed by atoms with E-state index in [1.54, 1.807) is 25.3 Å². The van der Waals surface area contributed by atoms with Crippen molar-refractivity contribution in [3.63, 3.8) is 0 Å². The number of nitrogens with one attached hydrogen (secondary N) is 1. The van der Waals surface area contributed by atoms with E-state index >= 15 is 0 Å². The van der Waals surface area contributed by atoms with Gasteiger partial charge in [-0.15, -0.1) is 0 Å². The minimum absolute atomic E-state index is 0.157. The van der Waals surface area contributed by atoms with Crippen molar-refractivity contribution in [1.29, 1.82) is 0 Å². The lowest BCUT2D eigenvalue weighted by Gasteiger charge is -2.30. The second kappa shape index (κ2) is 8.61. The lowest BCUT2D eigenvalue weighted by molar-refractivity contribution is 0.102. The Hall–Kier alpha value is -2.69. The normalized spacial score (nSPS) is 14.0. The van der Waals surface area contributed by atoms with Crippen molar-refractivity contribution in [1.82, 2.24) is 0 Å². The number of amides is 1. The second-order valence-corrected chi connectivity index (χ2v) is 6.32. The van der Waals surface area contributed by atoms with Crippen LogP contribution in [-0.2, 0) is 0 Å². The topological polar surface area (TPSA) is 50.8 Å². The molecule has 1 heterocycles. The molecule has 138 valence electrons. The summed E-state index contributed by atoms with van der Waals surface area (Å²) < 4.78 is 10.9. The van der Waals surface area contributed by atoms with E-state index in [1.807, 2.05) is 25.1 Å². The van der Waals surface area contributed by atoms with Crippen LogP contribution in [0.5, 0.6) is 11.5 Å². The molecule has 2 aromatic rings. The minimum atomic E-state index is -0.157. The van der Waals surface area contributed by atoms with Gasteiger partial charge in [0.05, 0.1) is 25.1 Å². The number of para-hydroxylation sites is 2. The fourth-order valence-corrected chi connectivity index (χ4v) is 3.27. The second-order valence-electron chi connectivity index (χ2n) is 6.32. The zero-order chi connectivity index (χ0) is 18.4. The van der Waals surface area contributed by atoms with Gasteiger partial charge >= 0.3 is 0 Å². The Morgan fingerprint density at radius 3 is 2.58 bits per heavy atom. The van der Waals surface area contributed by atoms with Gasteiger partial charge in [-0.1, -0.05) is 12.1 Å². The molecule has 3 rings (SSSR count). The van der Waals surface area contributed by atoms with Gasteiger partial charge in [-0.25, -0.2) is 0 Å². The number of hydrogen-bond donors (Lipinski definition) is 1. The van der Waals surface area contributed by atoms with Gasteiger partial charge in [-0.3, -0.25) is 4.79 Å². The van der Waals surface area contributed by atoms with Crippen molar-refractivity contribution in [3.05, 3.63) is 48.0 Å². The molecule has 1 aliphatic rings. The smallest absolute Gasteiger partial charge is 0.255 e. The van der Waals surface area contributed by atoms with Crippen LogP contribution in [0, 0.1) is 0 Å². The fourth-order valence-electron chi connectivity index (χ4n) is 3.27. The predicted molar refractivity (Wildman–Crippen MR) is 105 cm³/mol. The number of carbonyl (C=O) groups is 1. The Morgan fingerprint density at radius 1 is 1.08 bits per heavy atom. The number of methoxy groups -OCH3 is 1. The standard InChI is InChI=1S/C21H26N2O3/c1-3-26-19-12-11-16(15-20(19)25-2)21(24)22-17-9-5-6-10-18(17)23-13-7-4-8-14-23/h5-6,9-12,15H,3-4,7-8,13-14H2,1-2H3,(H,22,24). The number of rotatable bonds is 6. The molecule has 1 aliphatic heterocycles. The molecule has 0 unspecified atom stereocenters. The third-order valence-electron chi connectivity index (χ3n) is 4.57. The summed E-state index contributed by atoms with van der Waals surface area (Å²) in [5.41, 5.74) is 2.46. The monoisotopic (exact) mass is 354 g/mol. The van der Waals surface area contributed by atoms with Crippen LogP contribution in [0.1, 0.15) is 36.5 Å². The van der Waals surface area contributed by atoms with Crippen LogP contribution in [0.2, 0.25) is 0 Å². The molecule has 26 heavy (non-hydrogen) atoms. The van der Waals surface area contributed by atoms with Crippen LogP contribution < -0.4 is 19.7 Å². The summed E-state index contributed by atoms with van der Waals surface area (Å²) in [7, 11) is 1.57. The summed E-state index contributed by atoms with van der Waals surface area (Å²) in [6, 6.07) is 13.2. The zero-order valence-corrected chi connectivity index (χ0v) is 15.5. The molecule has 0 saturated carbocycles. The molecule has 0 aliphatic carbocycles. The number of carbonyl (C=O) groups excluding carboxylic acids is 1. The first-order valence-electron chi connectivity index (χ1n) is 9.19. The molecule has 0 spiro atoms. The van der Waals surface area contributed by atoms with Gasteiger partial charge < -0.3 is 19.7 Å². The summed E-state index contributed by atoms with van der Waals surface area (Å²) >= 11 is 0. The van der Waals surface area contributed by atoms with E-state index in [0.29, 0.717) is 23.7 Å². The maximum atomic E-state index is 12.8. The Balaban J connectivity index is 1.80. The Bertz CT molecular complexity index is 755. The highest BCUT2D eigenvalue weighted by Gasteiger charge is 2.17.